The van der Waals surface area contributed by atoms with Crippen LogP contribution in [0, 0.1) is 42.4 Å². The monoisotopic (exact) mass is 679 g/mol. The summed E-state index contributed by atoms with van der Waals surface area (Å²) in [6, 6.07) is 17.8. The molecule has 7 nitrogen and oxygen atoms in total. The largest absolute Gasteiger partial charge is 0.487 e. The van der Waals surface area contributed by atoms with Crippen molar-refractivity contribution in [1.82, 2.24) is 0 Å². The molecule has 172 valence electrons. The molecule has 0 atom stereocenters. The van der Waals surface area contributed by atoms with Gasteiger partial charge in [-0.25, -0.2) is 0 Å². The number of hydrogen-bond donors (Lipinski definition) is 1. The molecular formula is C25H19I2N3O4. The number of ether oxygens (including phenoxy) is 1. The van der Waals surface area contributed by atoms with Crippen LogP contribution in [0.15, 0.2) is 60.2 Å². The Balaban J connectivity index is 1.80. The van der Waals surface area contributed by atoms with Crippen LogP contribution >= 0.6 is 45.2 Å². The number of benzene rings is 3. The van der Waals surface area contributed by atoms with Gasteiger partial charge in [0.25, 0.3) is 11.6 Å². The maximum absolute atomic E-state index is 12.7. The predicted octanol–water partition coefficient (Wildman–Crippen LogP) is 6.55. The fraction of sp³-hybridized carbons (Fsp3) is 0.120. The van der Waals surface area contributed by atoms with E-state index < -0.39 is 10.8 Å². The lowest BCUT2D eigenvalue weighted by Crippen LogP contribution is -2.14. The average molecular weight is 679 g/mol. The third-order valence-electron chi connectivity index (χ3n) is 4.84. The Morgan fingerprint density at radius 3 is 2.47 bits per heavy atom. The van der Waals surface area contributed by atoms with Gasteiger partial charge < -0.3 is 10.1 Å². The van der Waals surface area contributed by atoms with Crippen molar-refractivity contribution in [3.05, 3.63) is 99.7 Å². The van der Waals surface area contributed by atoms with Gasteiger partial charge in [-0.1, -0.05) is 35.9 Å². The highest BCUT2D eigenvalue weighted by atomic mass is 127. The summed E-state index contributed by atoms with van der Waals surface area (Å²) in [6.07, 6.45) is 1.48. The number of halogens is 2. The average Bonchev–Trinajstić information content (AvgIpc) is 2.78. The molecule has 1 N–H and O–H groups in total. The third-order valence-corrected chi connectivity index (χ3v) is 6.45. The fourth-order valence-corrected chi connectivity index (χ4v) is 5.25. The second-order valence-electron chi connectivity index (χ2n) is 7.47. The van der Waals surface area contributed by atoms with Gasteiger partial charge in [0.2, 0.25) is 0 Å². The zero-order chi connectivity index (χ0) is 24.8. The van der Waals surface area contributed by atoms with E-state index >= 15 is 0 Å². The molecule has 0 aliphatic rings. The van der Waals surface area contributed by atoms with Gasteiger partial charge in [-0.3, -0.25) is 14.9 Å². The first-order valence-electron chi connectivity index (χ1n) is 10.0. The van der Waals surface area contributed by atoms with Gasteiger partial charge in [0.05, 0.1) is 17.8 Å². The van der Waals surface area contributed by atoms with Crippen LogP contribution in [0.1, 0.15) is 22.3 Å². The minimum atomic E-state index is -0.643. The van der Waals surface area contributed by atoms with E-state index in [0.29, 0.717) is 17.7 Å². The summed E-state index contributed by atoms with van der Waals surface area (Å²) in [5, 5.41) is 23.2. The standard InChI is InChI=1S/C25H19I2N3O4/c1-15-4-3-5-17(8-15)14-34-24-21(26)10-18(11-22(24)27)9-19(13-28)25(31)29-23-12-20(30(32)33)7-6-16(23)2/h3-12H,14H2,1-2H3,(H,29,31)/b19-9+. The lowest BCUT2D eigenvalue weighted by atomic mass is 10.1. The molecule has 0 spiro atoms. The highest BCUT2D eigenvalue weighted by Gasteiger charge is 2.15. The van der Waals surface area contributed by atoms with Gasteiger partial charge in [-0.2, -0.15) is 5.26 Å². The molecular weight excluding hydrogens is 660 g/mol. The van der Waals surface area contributed by atoms with E-state index in [4.69, 9.17) is 4.74 Å². The number of non-ortho nitro benzene ring substituents is 1. The van der Waals surface area contributed by atoms with Crippen molar-refractivity contribution in [1.29, 1.82) is 5.26 Å². The van der Waals surface area contributed by atoms with E-state index in [1.807, 2.05) is 43.3 Å². The van der Waals surface area contributed by atoms with Gasteiger partial charge >= 0.3 is 0 Å². The summed E-state index contributed by atoms with van der Waals surface area (Å²) in [4.78, 5) is 23.2. The Kier molecular flexibility index (Phi) is 8.62. The maximum Gasteiger partial charge on any atom is 0.271 e. The van der Waals surface area contributed by atoms with Crippen LogP contribution in [0.4, 0.5) is 11.4 Å². The van der Waals surface area contributed by atoms with E-state index in [2.05, 4.69) is 56.6 Å². The highest BCUT2D eigenvalue weighted by Crippen LogP contribution is 2.31. The Labute approximate surface area is 224 Å². The lowest BCUT2D eigenvalue weighted by Gasteiger charge is -2.12. The van der Waals surface area contributed by atoms with Crippen LogP contribution in [0.25, 0.3) is 6.08 Å². The highest BCUT2D eigenvalue weighted by molar-refractivity contribution is 14.1. The second-order valence-corrected chi connectivity index (χ2v) is 9.80. The van der Waals surface area contributed by atoms with E-state index in [0.717, 1.165) is 24.0 Å². The molecule has 0 fully saturated rings. The number of aryl methyl sites for hydroxylation is 2. The molecule has 0 bridgehead atoms. The number of amides is 1. The number of nitriles is 1. The molecule has 0 unspecified atom stereocenters. The van der Waals surface area contributed by atoms with E-state index in [-0.39, 0.29) is 16.9 Å². The smallest absolute Gasteiger partial charge is 0.271 e. The molecule has 3 aromatic rings. The first-order valence-corrected chi connectivity index (χ1v) is 12.2. The van der Waals surface area contributed by atoms with E-state index in [1.165, 1.54) is 18.2 Å². The molecule has 0 aromatic heterocycles. The Morgan fingerprint density at radius 1 is 1.15 bits per heavy atom. The normalized spacial score (nSPS) is 11.0. The van der Waals surface area contributed by atoms with Gasteiger partial charge in [0.1, 0.15) is 24.0 Å². The quantitative estimate of drug-likeness (QED) is 0.100. The molecule has 1 amide bonds. The Morgan fingerprint density at radius 2 is 1.85 bits per heavy atom. The number of rotatable bonds is 7. The summed E-state index contributed by atoms with van der Waals surface area (Å²) in [5.74, 6) is 0.0888. The molecule has 34 heavy (non-hydrogen) atoms. The van der Waals surface area contributed by atoms with Crippen LogP contribution in [0.3, 0.4) is 0 Å². The van der Waals surface area contributed by atoms with Gasteiger partial charge in [-0.15, -0.1) is 0 Å². The van der Waals surface area contributed by atoms with Crippen LogP contribution < -0.4 is 10.1 Å². The fourth-order valence-electron chi connectivity index (χ4n) is 3.12. The number of carbonyl (C=O) groups is 1. The molecule has 0 saturated heterocycles. The van der Waals surface area contributed by atoms with Crippen molar-refractivity contribution in [3.63, 3.8) is 0 Å². The van der Waals surface area contributed by atoms with Crippen LogP contribution in [-0.2, 0) is 11.4 Å². The number of nitrogens with zero attached hydrogens (tertiary/aromatic N) is 2. The number of nitro groups is 1. The molecule has 0 radical (unpaired) electrons. The Bertz CT molecular complexity index is 1320. The number of nitrogens with one attached hydrogen (secondary N) is 1. The summed E-state index contributed by atoms with van der Waals surface area (Å²) >= 11 is 4.33. The van der Waals surface area contributed by atoms with Crippen molar-refractivity contribution in [2.45, 2.75) is 20.5 Å². The number of nitro benzene ring substituents is 1. The molecule has 0 aliphatic carbocycles. The lowest BCUT2D eigenvalue weighted by molar-refractivity contribution is -0.384. The van der Waals surface area contributed by atoms with Crippen molar-refractivity contribution < 1.29 is 14.5 Å². The zero-order valence-electron chi connectivity index (χ0n) is 18.3. The molecule has 0 aliphatic heterocycles. The molecule has 0 heterocycles. The molecule has 9 heteroatoms. The summed E-state index contributed by atoms with van der Waals surface area (Å²) in [7, 11) is 0. The minimum absolute atomic E-state index is 0.120. The van der Waals surface area contributed by atoms with Crippen molar-refractivity contribution in [2.24, 2.45) is 0 Å². The minimum Gasteiger partial charge on any atom is -0.487 e. The number of anilines is 1. The summed E-state index contributed by atoms with van der Waals surface area (Å²) in [5.41, 5.74) is 3.56. The molecule has 3 rings (SSSR count). The van der Waals surface area contributed by atoms with E-state index in [9.17, 15) is 20.2 Å². The maximum atomic E-state index is 12.7. The third kappa shape index (κ3) is 6.54. The summed E-state index contributed by atoms with van der Waals surface area (Å²) < 4.78 is 7.72. The second kappa shape index (κ2) is 11.4. The predicted molar refractivity (Wildman–Crippen MR) is 147 cm³/mol. The topological polar surface area (TPSA) is 105 Å². The SMILES string of the molecule is Cc1cccc(COc2c(I)cc(/C=C(\C#N)C(=O)Nc3cc([N+](=O)[O-])ccc3C)cc2I)c1. The first-order chi connectivity index (χ1) is 16.2. The zero-order valence-corrected chi connectivity index (χ0v) is 22.6. The summed E-state index contributed by atoms with van der Waals surface area (Å²) in [6.45, 7) is 4.17. The van der Waals surface area contributed by atoms with Crippen molar-refractivity contribution in [3.8, 4) is 11.8 Å². The van der Waals surface area contributed by atoms with E-state index in [1.54, 1.807) is 13.0 Å². The van der Waals surface area contributed by atoms with Crippen LogP contribution in [-0.4, -0.2) is 10.8 Å². The molecule has 0 saturated carbocycles. The van der Waals surface area contributed by atoms with Crippen LogP contribution in [0.5, 0.6) is 5.75 Å². The van der Waals surface area contributed by atoms with Gasteiger partial charge in [-0.05, 0) is 93.9 Å². The molecule has 3 aromatic carbocycles. The van der Waals surface area contributed by atoms with Gasteiger partial charge in [0.15, 0.2) is 0 Å². The number of hydrogen-bond acceptors (Lipinski definition) is 5. The number of carbonyl (C=O) groups excluding carboxylic acids is 1. The first kappa shape index (κ1) is 25.6. The van der Waals surface area contributed by atoms with Crippen molar-refractivity contribution >= 4 is 68.5 Å². The Hall–Kier alpha value is -2.98. The van der Waals surface area contributed by atoms with Crippen molar-refractivity contribution in [2.75, 3.05) is 5.32 Å². The van der Waals surface area contributed by atoms with Gasteiger partial charge in [0, 0.05) is 12.1 Å². The van der Waals surface area contributed by atoms with Crippen LogP contribution in [0.2, 0.25) is 0 Å².